The Hall–Kier alpha value is -1.06. The third-order valence-electron chi connectivity index (χ3n) is 3.04. The van der Waals surface area contributed by atoms with Gasteiger partial charge in [0, 0.05) is 21.8 Å². The van der Waals surface area contributed by atoms with Gasteiger partial charge in [-0.25, -0.2) is 0 Å². The van der Waals surface area contributed by atoms with Gasteiger partial charge >= 0.3 is 0 Å². The molecule has 2 aromatic rings. The summed E-state index contributed by atoms with van der Waals surface area (Å²) in [7, 11) is 0. The summed E-state index contributed by atoms with van der Waals surface area (Å²) in [4.78, 5) is 12.1. The predicted molar refractivity (Wildman–Crippen MR) is 72.4 cm³/mol. The molecule has 1 unspecified atom stereocenters. The molecule has 0 aliphatic carbocycles. The van der Waals surface area contributed by atoms with Crippen LogP contribution in [-0.2, 0) is 0 Å². The first-order valence-corrected chi connectivity index (χ1v) is 6.63. The second-order valence-electron chi connectivity index (χ2n) is 4.13. The van der Waals surface area contributed by atoms with E-state index in [0.29, 0.717) is 0 Å². The molecule has 17 heavy (non-hydrogen) atoms. The summed E-state index contributed by atoms with van der Waals surface area (Å²) < 4.78 is 2.97. The predicted octanol–water partition coefficient (Wildman–Crippen LogP) is 4.24. The van der Waals surface area contributed by atoms with Gasteiger partial charge in [-0.05, 0) is 39.0 Å². The van der Waals surface area contributed by atoms with Gasteiger partial charge in [-0.2, -0.15) is 0 Å². The quantitative estimate of drug-likeness (QED) is 0.763. The molecule has 1 atom stereocenters. The van der Waals surface area contributed by atoms with E-state index in [2.05, 4.69) is 11.5 Å². The SMILES string of the molecule is Cc1cc(C=O)c(C)n1C(C)c1ccc(Cl)s1. The first kappa shape index (κ1) is 12.4. The summed E-state index contributed by atoms with van der Waals surface area (Å²) in [6.07, 6.45) is 0.910. The van der Waals surface area contributed by atoms with Crippen LogP contribution in [0.2, 0.25) is 4.34 Å². The molecular weight excluding hydrogens is 254 g/mol. The maximum absolute atomic E-state index is 10.9. The van der Waals surface area contributed by atoms with E-state index in [9.17, 15) is 4.79 Å². The van der Waals surface area contributed by atoms with Crippen LogP contribution in [0.4, 0.5) is 0 Å². The van der Waals surface area contributed by atoms with E-state index in [0.717, 1.165) is 27.6 Å². The van der Waals surface area contributed by atoms with Gasteiger partial charge < -0.3 is 4.57 Å². The zero-order chi connectivity index (χ0) is 12.6. The van der Waals surface area contributed by atoms with Crippen LogP contribution < -0.4 is 0 Å². The van der Waals surface area contributed by atoms with Gasteiger partial charge in [0.15, 0.2) is 6.29 Å². The highest BCUT2D eigenvalue weighted by Gasteiger charge is 2.16. The number of aryl methyl sites for hydroxylation is 1. The van der Waals surface area contributed by atoms with E-state index >= 15 is 0 Å². The molecule has 0 saturated heterocycles. The third kappa shape index (κ3) is 2.17. The highest BCUT2D eigenvalue weighted by Crippen LogP contribution is 2.31. The van der Waals surface area contributed by atoms with Gasteiger partial charge in [0.1, 0.15) is 0 Å². The number of carbonyl (C=O) groups excluding carboxylic acids is 1. The number of rotatable bonds is 3. The molecular formula is C13H14ClNOS. The normalized spacial score (nSPS) is 12.7. The number of nitrogens with zero attached hydrogens (tertiary/aromatic N) is 1. The van der Waals surface area contributed by atoms with Gasteiger partial charge in [0.05, 0.1) is 10.4 Å². The summed E-state index contributed by atoms with van der Waals surface area (Å²) in [5.41, 5.74) is 2.87. The van der Waals surface area contributed by atoms with Gasteiger partial charge in [0.25, 0.3) is 0 Å². The van der Waals surface area contributed by atoms with Crippen molar-refractivity contribution >= 4 is 29.2 Å². The lowest BCUT2D eigenvalue weighted by molar-refractivity contribution is 0.112. The molecule has 2 nitrogen and oxygen atoms in total. The largest absolute Gasteiger partial charge is 0.341 e. The topological polar surface area (TPSA) is 22.0 Å². The number of thiophene rings is 1. The number of hydrogen-bond donors (Lipinski definition) is 0. The molecule has 2 rings (SSSR count). The Morgan fingerprint density at radius 1 is 1.41 bits per heavy atom. The van der Waals surface area contributed by atoms with Crippen LogP contribution in [0.3, 0.4) is 0 Å². The van der Waals surface area contributed by atoms with Crippen molar-refractivity contribution in [1.82, 2.24) is 4.57 Å². The Morgan fingerprint density at radius 3 is 2.59 bits per heavy atom. The van der Waals surface area contributed by atoms with Crippen molar-refractivity contribution < 1.29 is 4.79 Å². The molecule has 0 radical (unpaired) electrons. The fraction of sp³-hybridized carbons (Fsp3) is 0.308. The molecule has 0 fully saturated rings. The lowest BCUT2D eigenvalue weighted by atomic mass is 10.2. The summed E-state index contributed by atoms with van der Waals surface area (Å²) >= 11 is 7.54. The van der Waals surface area contributed by atoms with Crippen LogP contribution in [0.5, 0.6) is 0 Å². The van der Waals surface area contributed by atoms with Crippen LogP contribution in [-0.4, -0.2) is 10.9 Å². The minimum Gasteiger partial charge on any atom is -0.341 e. The Bertz CT molecular complexity index is 556. The second-order valence-corrected chi connectivity index (χ2v) is 5.88. The highest BCUT2D eigenvalue weighted by molar-refractivity contribution is 7.16. The number of carbonyl (C=O) groups is 1. The van der Waals surface area contributed by atoms with E-state index < -0.39 is 0 Å². The number of aromatic nitrogens is 1. The Morgan fingerprint density at radius 2 is 2.12 bits per heavy atom. The van der Waals surface area contributed by atoms with Crippen molar-refractivity contribution in [2.75, 3.05) is 0 Å². The Labute approximate surface area is 110 Å². The van der Waals surface area contributed by atoms with Gasteiger partial charge in [-0.1, -0.05) is 11.6 Å². The lowest BCUT2D eigenvalue weighted by Crippen LogP contribution is -2.09. The molecule has 0 aromatic carbocycles. The summed E-state index contributed by atoms with van der Waals surface area (Å²) in [5.74, 6) is 0. The molecule has 90 valence electrons. The maximum atomic E-state index is 10.9. The standard InChI is InChI=1S/C13H14ClNOS/c1-8-6-11(7-16)9(2)15(8)10(3)12-4-5-13(14)17-12/h4-7,10H,1-3H3. The zero-order valence-electron chi connectivity index (χ0n) is 10.0. The summed E-state index contributed by atoms with van der Waals surface area (Å²) in [5, 5.41) is 0. The van der Waals surface area contributed by atoms with E-state index in [1.165, 1.54) is 4.88 Å². The van der Waals surface area contributed by atoms with Gasteiger partial charge in [0.2, 0.25) is 0 Å². The molecule has 0 aliphatic heterocycles. The molecule has 2 aromatic heterocycles. The van der Waals surface area contributed by atoms with Crippen LogP contribution in [0.25, 0.3) is 0 Å². The fourth-order valence-electron chi connectivity index (χ4n) is 2.20. The van der Waals surface area contributed by atoms with E-state index in [1.807, 2.05) is 32.0 Å². The number of aldehydes is 1. The molecule has 4 heteroatoms. The Balaban J connectivity index is 2.46. The molecule has 0 spiro atoms. The fourth-order valence-corrected chi connectivity index (χ4v) is 3.30. The first-order chi connectivity index (χ1) is 8.04. The second kappa shape index (κ2) is 4.67. The monoisotopic (exact) mass is 267 g/mol. The van der Waals surface area contributed by atoms with Gasteiger partial charge in [-0.3, -0.25) is 4.79 Å². The van der Waals surface area contributed by atoms with Crippen molar-refractivity contribution in [3.05, 3.63) is 44.4 Å². The average molecular weight is 268 g/mol. The molecule has 0 bridgehead atoms. The molecule has 0 amide bonds. The molecule has 0 N–H and O–H groups in total. The molecule has 0 saturated carbocycles. The summed E-state index contributed by atoms with van der Waals surface area (Å²) in [6.45, 7) is 6.12. The highest BCUT2D eigenvalue weighted by atomic mass is 35.5. The van der Waals surface area contributed by atoms with Crippen molar-refractivity contribution in [3.63, 3.8) is 0 Å². The Kier molecular flexibility index (Phi) is 3.40. The van der Waals surface area contributed by atoms with E-state index in [4.69, 9.17) is 11.6 Å². The van der Waals surface area contributed by atoms with Crippen molar-refractivity contribution in [3.8, 4) is 0 Å². The molecule has 2 heterocycles. The van der Waals surface area contributed by atoms with Gasteiger partial charge in [-0.15, -0.1) is 11.3 Å². The maximum Gasteiger partial charge on any atom is 0.151 e. The zero-order valence-corrected chi connectivity index (χ0v) is 11.6. The van der Waals surface area contributed by atoms with Crippen LogP contribution in [0.1, 0.15) is 39.6 Å². The molecule has 0 aliphatic rings. The minimum atomic E-state index is 0.209. The lowest BCUT2D eigenvalue weighted by Gasteiger charge is -2.17. The third-order valence-corrected chi connectivity index (χ3v) is 4.44. The smallest absolute Gasteiger partial charge is 0.151 e. The van der Waals surface area contributed by atoms with E-state index in [-0.39, 0.29) is 6.04 Å². The van der Waals surface area contributed by atoms with E-state index in [1.54, 1.807) is 11.3 Å². The number of halogens is 1. The minimum absolute atomic E-state index is 0.209. The summed E-state index contributed by atoms with van der Waals surface area (Å²) in [6, 6.07) is 6.08. The van der Waals surface area contributed by atoms with Crippen molar-refractivity contribution in [1.29, 1.82) is 0 Å². The van der Waals surface area contributed by atoms with Crippen LogP contribution >= 0.6 is 22.9 Å². The van der Waals surface area contributed by atoms with Crippen LogP contribution in [0.15, 0.2) is 18.2 Å². The van der Waals surface area contributed by atoms with Crippen molar-refractivity contribution in [2.24, 2.45) is 0 Å². The van der Waals surface area contributed by atoms with Crippen LogP contribution in [0, 0.1) is 13.8 Å². The first-order valence-electron chi connectivity index (χ1n) is 5.43. The number of hydrogen-bond acceptors (Lipinski definition) is 2. The average Bonchev–Trinajstić information content (AvgIpc) is 2.83. The van der Waals surface area contributed by atoms with Crippen molar-refractivity contribution in [2.45, 2.75) is 26.8 Å².